The van der Waals surface area contributed by atoms with E-state index in [2.05, 4.69) is 11.2 Å². The van der Waals surface area contributed by atoms with Gasteiger partial charge in [-0.25, -0.2) is 4.79 Å². The highest BCUT2D eigenvalue weighted by molar-refractivity contribution is 5.71. The molecule has 0 saturated carbocycles. The minimum Gasteiger partial charge on any atom is -0.302 e. The van der Waals surface area contributed by atoms with Crippen molar-refractivity contribution in [2.75, 3.05) is 6.54 Å². The van der Waals surface area contributed by atoms with Crippen molar-refractivity contribution >= 4 is 12.3 Å². The van der Waals surface area contributed by atoms with Gasteiger partial charge in [-0.2, -0.15) is 0 Å². The summed E-state index contributed by atoms with van der Waals surface area (Å²) in [7, 11) is 0. The Hall–Kier alpha value is -3.60. The molecule has 1 aromatic carbocycles. The second-order valence-electron chi connectivity index (χ2n) is 6.13. The number of fused-ring (bicyclic) bond motifs is 1. The Morgan fingerprint density at radius 2 is 1.43 bits per heavy atom. The molecule has 0 radical (unpaired) electrons. The second-order valence-corrected chi connectivity index (χ2v) is 6.13. The molecule has 0 bridgehead atoms. The highest BCUT2D eigenvalue weighted by atomic mass is 16.7. The number of rotatable bonds is 1. The van der Waals surface area contributed by atoms with Gasteiger partial charge < -0.3 is 4.90 Å². The number of hydrazone groups is 1. The van der Waals surface area contributed by atoms with E-state index in [-0.39, 0.29) is 0 Å². The first kappa shape index (κ1) is 19.2. The lowest BCUT2D eigenvalue weighted by Crippen LogP contribution is -2.38. The fourth-order valence-electron chi connectivity index (χ4n) is 2.74. The minimum absolute atomic E-state index is 0.425. The van der Waals surface area contributed by atoms with Crippen LogP contribution in [0.15, 0.2) is 102 Å². The first-order valence-corrected chi connectivity index (χ1v) is 9.20. The summed E-state index contributed by atoms with van der Waals surface area (Å²) in [5.74, 6) is 0. The summed E-state index contributed by atoms with van der Waals surface area (Å²) in [5, 5.41) is 5.34. The van der Waals surface area contributed by atoms with E-state index in [1.807, 2.05) is 72.9 Å². The number of carbonyl (C=O) groups excluding carboxylic acids is 1. The van der Waals surface area contributed by atoms with Gasteiger partial charge in [0.25, 0.3) is 0 Å². The zero-order valence-corrected chi connectivity index (χ0v) is 15.6. The van der Waals surface area contributed by atoms with Crippen molar-refractivity contribution in [2.24, 2.45) is 5.10 Å². The van der Waals surface area contributed by atoms with E-state index in [0.717, 1.165) is 12.0 Å². The SMILES string of the molecule is O=C(ON1\C=C/C=C\C=C/C=C\C=C/C=C\C=N/1)N1CCc2ccccc2C1. The van der Waals surface area contributed by atoms with Gasteiger partial charge >= 0.3 is 6.09 Å². The monoisotopic (exact) mass is 373 g/mol. The van der Waals surface area contributed by atoms with Crippen molar-refractivity contribution < 1.29 is 9.63 Å². The van der Waals surface area contributed by atoms with Crippen LogP contribution in [0.5, 0.6) is 0 Å². The van der Waals surface area contributed by atoms with Gasteiger partial charge in [0.05, 0.1) is 12.4 Å². The summed E-state index contributed by atoms with van der Waals surface area (Å²) in [5.41, 5.74) is 2.43. The Morgan fingerprint density at radius 1 is 0.821 bits per heavy atom. The van der Waals surface area contributed by atoms with Gasteiger partial charge in [-0.15, -0.1) is 5.10 Å². The van der Waals surface area contributed by atoms with E-state index in [9.17, 15) is 4.79 Å². The molecule has 0 aliphatic carbocycles. The van der Waals surface area contributed by atoms with Crippen molar-refractivity contribution in [2.45, 2.75) is 13.0 Å². The number of hydrogen-bond acceptors (Lipinski definition) is 4. The standard InChI is InChI=1S/C23H23N3O2/c27-23(25-19-16-21-14-10-11-15-22(21)20-25)28-26-18-13-9-7-5-3-1-2-4-6-8-12-17-24-26/h1-15,17-18H,16,19-20H2/b2-1-,5-3-,6-4-,9-7-,12-8-,18-13-,24-17-. The van der Waals surface area contributed by atoms with E-state index >= 15 is 0 Å². The van der Waals surface area contributed by atoms with Gasteiger partial charge in [-0.1, -0.05) is 84.1 Å². The fourth-order valence-corrected chi connectivity index (χ4v) is 2.74. The second kappa shape index (κ2) is 10.5. The number of allylic oxidation sites excluding steroid dienone is 11. The summed E-state index contributed by atoms with van der Waals surface area (Å²) in [6.45, 7) is 1.16. The van der Waals surface area contributed by atoms with Gasteiger partial charge in [0, 0.05) is 13.1 Å². The van der Waals surface area contributed by atoms with Crippen LogP contribution in [-0.2, 0) is 17.8 Å². The van der Waals surface area contributed by atoms with Crippen LogP contribution in [0.3, 0.4) is 0 Å². The van der Waals surface area contributed by atoms with Crippen LogP contribution >= 0.6 is 0 Å². The average molecular weight is 373 g/mol. The maximum Gasteiger partial charge on any atom is 0.436 e. The van der Waals surface area contributed by atoms with Crippen molar-refractivity contribution in [1.82, 2.24) is 10.1 Å². The topological polar surface area (TPSA) is 45.1 Å². The van der Waals surface area contributed by atoms with Crippen molar-refractivity contribution in [3.63, 3.8) is 0 Å². The molecule has 0 N–H and O–H groups in total. The largest absolute Gasteiger partial charge is 0.436 e. The molecule has 0 fully saturated rings. The lowest BCUT2D eigenvalue weighted by Gasteiger charge is -2.28. The lowest BCUT2D eigenvalue weighted by atomic mass is 10.0. The highest BCUT2D eigenvalue weighted by Crippen LogP contribution is 2.19. The Labute approximate surface area is 165 Å². The van der Waals surface area contributed by atoms with Crippen LogP contribution in [0.2, 0.25) is 0 Å². The number of carbonyl (C=O) groups is 1. The predicted molar refractivity (Wildman–Crippen MR) is 112 cm³/mol. The molecule has 0 aromatic heterocycles. The third-order valence-electron chi connectivity index (χ3n) is 4.15. The molecule has 2 aliphatic heterocycles. The van der Waals surface area contributed by atoms with Crippen LogP contribution in [-0.4, -0.2) is 28.9 Å². The summed E-state index contributed by atoms with van der Waals surface area (Å²) in [6.07, 6.45) is 24.2. The molecule has 2 aliphatic rings. The first-order chi connectivity index (χ1) is 13.8. The fraction of sp³-hybridized carbons (Fsp3) is 0.130. The maximum atomic E-state index is 12.6. The lowest BCUT2D eigenvalue weighted by molar-refractivity contribution is -0.0731. The maximum absolute atomic E-state index is 12.6. The van der Waals surface area contributed by atoms with E-state index in [1.165, 1.54) is 10.7 Å². The van der Waals surface area contributed by atoms with Crippen LogP contribution in [0.1, 0.15) is 11.1 Å². The number of hydroxylamine groups is 1. The predicted octanol–water partition coefficient (Wildman–Crippen LogP) is 4.69. The molecule has 5 nitrogen and oxygen atoms in total. The van der Waals surface area contributed by atoms with Gasteiger partial charge in [0.1, 0.15) is 0 Å². The molecule has 1 aromatic rings. The van der Waals surface area contributed by atoms with Crippen LogP contribution < -0.4 is 0 Å². The zero-order valence-electron chi connectivity index (χ0n) is 15.6. The molecule has 142 valence electrons. The van der Waals surface area contributed by atoms with E-state index < -0.39 is 6.09 Å². The van der Waals surface area contributed by atoms with E-state index in [4.69, 9.17) is 4.84 Å². The van der Waals surface area contributed by atoms with E-state index in [0.29, 0.717) is 13.1 Å². The zero-order chi connectivity index (χ0) is 19.4. The first-order valence-electron chi connectivity index (χ1n) is 9.20. The third-order valence-corrected chi connectivity index (χ3v) is 4.15. The molecule has 28 heavy (non-hydrogen) atoms. The molecule has 3 rings (SSSR count). The summed E-state index contributed by atoms with van der Waals surface area (Å²) < 4.78 is 0. The molecular weight excluding hydrogens is 350 g/mol. The number of nitrogens with zero attached hydrogens (tertiary/aromatic N) is 3. The normalized spacial score (nSPS) is 24.6. The highest BCUT2D eigenvalue weighted by Gasteiger charge is 2.23. The Balaban J connectivity index is 1.67. The molecule has 0 unspecified atom stereocenters. The van der Waals surface area contributed by atoms with Crippen LogP contribution in [0.25, 0.3) is 0 Å². The molecule has 2 heterocycles. The van der Waals surface area contributed by atoms with Gasteiger partial charge in [0.15, 0.2) is 0 Å². The molecule has 0 saturated heterocycles. The Morgan fingerprint density at radius 3 is 2.14 bits per heavy atom. The number of benzene rings is 1. The van der Waals surface area contributed by atoms with Crippen molar-refractivity contribution in [3.05, 3.63) is 108 Å². The smallest absolute Gasteiger partial charge is 0.302 e. The Bertz CT molecular complexity index is 840. The van der Waals surface area contributed by atoms with E-state index in [1.54, 1.807) is 29.5 Å². The third kappa shape index (κ3) is 5.99. The van der Waals surface area contributed by atoms with Crippen LogP contribution in [0, 0.1) is 0 Å². The molecule has 1 amide bonds. The molecule has 0 spiro atoms. The number of amides is 1. The summed E-state index contributed by atoms with van der Waals surface area (Å²) in [4.78, 5) is 19.7. The van der Waals surface area contributed by atoms with Crippen molar-refractivity contribution in [1.29, 1.82) is 0 Å². The Kier molecular flexibility index (Phi) is 7.21. The van der Waals surface area contributed by atoms with Gasteiger partial charge in [-0.3, -0.25) is 4.84 Å². The van der Waals surface area contributed by atoms with Crippen LogP contribution in [0.4, 0.5) is 4.79 Å². The molecular formula is C23H23N3O2. The quantitative estimate of drug-likeness (QED) is 0.717. The van der Waals surface area contributed by atoms with Gasteiger partial charge in [0.2, 0.25) is 0 Å². The minimum atomic E-state index is -0.425. The van der Waals surface area contributed by atoms with Crippen molar-refractivity contribution in [3.8, 4) is 0 Å². The van der Waals surface area contributed by atoms with Gasteiger partial charge in [-0.05, 0) is 29.7 Å². The molecule has 0 atom stereocenters. The number of hydrogen-bond donors (Lipinski definition) is 0. The summed E-state index contributed by atoms with van der Waals surface area (Å²) in [6, 6.07) is 8.16. The average Bonchev–Trinajstić information content (AvgIpc) is 2.73. The summed E-state index contributed by atoms with van der Waals surface area (Å²) >= 11 is 0. The molecule has 5 heteroatoms.